The maximum atomic E-state index is 12.0. The molecule has 19 heavy (non-hydrogen) atoms. The normalized spacial score (nSPS) is 9.58. The molecular formula is C15H14N2OS. The Hall–Kier alpha value is -2.09. The summed E-state index contributed by atoms with van der Waals surface area (Å²) >= 11 is 1.44. The van der Waals surface area contributed by atoms with Crippen LogP contribution in [-0.2, 0) is 0 Å². The lowest BCUT2D eigenvalue weighted by molar-refractivity contribution is 0.102. The van der Waals surface area contributed by atoms with E-state index in [9.17, 15) is 4.79 Å². The van der Waals surface area contributed by atoms with E-state index in [1.54, 1.807) is 11.4 Å². The lowest BCUT2D eigenvalue weighted by atomic mass is 10.2. The Morgan fingerprint density at radius 2 is 2.11 bits per heavy atom. The van der Waals surface area contributed by atoms with Crippen LogP contribution in [0.3, 0.4) is 0 Å². The zero-order chi connectivity index (χ0) is 13.7. The summed E-state index contributed by atoms with van der Waals surface area (Å²) < 4.78 is 0. The maximum Gasteiger partial charge on any atom is 0.256 e. The van der Waals surface area contributed by atoms with Gasteiger partial charge in [-0.2, -0.15) is 0 Å². The number of rotatable bonds is 2. The molecule has 1 heterocycles. The Bertz CT molecular complexity index is 632. The van der Waals surface area contributed by atoms with Crippen LogP contribution in [0.25, 0.3) is 0 Å². The number of benzene rings is 1. The standard InChI is InChI=1S/C15H14N2OS/c1-11-4-6-13(7-5-11)17-15(18)12-9-14(19-10-12)3-2-8-16/h4-7,9-10H,8,16H2,1H3,(H,17,18). The minimum atomic E-state index is -0.124. The first-order valence-corrected chi connectivity index (χ1v) is 6.72. The second kappa shape index (κ2) is 6.19. The van der Waals surface area contributed by atoms with Crippen LogP contribution in [0.15, 0.2) is 35.7 Å². The lowest BCUT2D eigenvalue weighted by Gasteiger charge is -2.03. The van der Waals surface area contributed by atoms with Crippen LogP contribution >= 0.6 is 11.3 Å². The second-order valence-electron chi connectivity index (χ2n) is 4.03. The molecule has 2 aromatic rings. The van der Waals surface area contributed by atoms with Crippen LogP contribution < -0.4 is 11.1 Å². The fraction of sp³-hybridized carbons (Fsp3) is 0.133. The summed E-state index contributed by atoms with van der Waals surface area (Å²) in [4.78, 5) is 12.9. The van der Waals surface area contributed by atoms with Crippen LogP contribution in [0, 0.1) is 18.8 Å². The van der Waals surface area contributed by atoms with Gasteiger partial charge >= 0.3 is 0 Å². The monoisotopic (exact) mass is 270 g/mol. The molecule has 1 aromatic heterocycles. The molecule has 0 aliphatic rings. The molecule has 0 saturated heterocycles. The largest absolute Gasteiger partial charge is 0.322 e. The average molecular weight is 270 g/mol. The highest BCUT2D eigenvalue weighted by molar-refractivity contribution is 7.10. The van der Waals surface area contributed by atoms with E-state index >= 15 is 0 Å². The summed E-state index contributed by atoms with van der Waals surface area (Å²) in [5, 5.41) is 4.65. The van der Waals surface area contributed by atoms with Crippen LogP contribution in [0.4, 0.5) is 5.69 Å². The van der Waals surface area contributed by atoms with Crippen LogP contribution in [-0.4, -0.2) is 12.5 Å². The van der Waals surface area contributed by atoms with E-state index in [0.29, 0.717) is 12.1 Å². The highest BCUT2D eigenvalue weighted by atomic mass is 32.1. The fourth-order valence-electron chi connectivity index (χ4n) is 1.50. The summed E-state index contributed by atoms with van der Waals surface area (Å²) in [7, 11) is 0. The topological polar surface area (TPSA) is 55.1 Å². The summed E-state index contributed by atoms with van der Waals surface area (Å²) in [6.07, 6.45) is 0. The predicted octanol–water partition coefficient (Wildman–Crippen LogP) is 2.62. The van der Waals surface area contributed by atoms with E-state index in [-0.39, 0.29) is 5.91 Å². The van der Waals surface area contributed by atoms with E-state index in [0.717, 1.165) is 16.1 Å². The number of nitrogens with one attached hydrogen (secondary N) is 1. The average Bonchev–Trinajstić information content (AvgIpc) is 2.88. The first kappa shape index (κ1) is 13.3. The molecule has 0 radical (unpaired) electrons. The van der Waals surface area contributed by atoms with E-state index in [1.807, 2.05) is 31.2 Å². The van der Waals surface area contributed by atoms with Crippen LogP contribution in [0.5, 0.6) is 0 Å². The molecule has 0 aliphatic carbocycles. The highest BCUT2D eigenvalue weighted by Gasteiger charge is 2.08. The van der Waals surface area contributed by atoms with Gasteiger partial charge in [0.05, 0.1) is 17.0 Å². The van der Waals surface area contributed by atoms with Crippen molar-refractivity contribution in [2.75, 3.05) is 11.9 Å². The Morgan fingerprint density at radius 3 is 2.79 bits per heavy atom. The molecular weight excluding hydrogens is 256 g/mol. The number of carbonyl (C=O) groups excluding carboxylic acids is 1. The number of hydrogen-bond acceptors (Lipinski definition) is 3. The highest BCUT2D eigenvalue weighted by Crippen LogP contribution is 2.16. The minimum Gasteiger partial charge on any atom is -0.322 e. The summed E-state index contributed by atoms with van der Waals surface area (Å²) in [6.45, 7) is 2.33. The molecule has 0 atom stereocenters. The van der Waals surface area contributed by atoms with E-state index in [4.69, 9.17) is 5.73 Å². The summed E-state index contributed by atoms with van der Waals surface area (Å²) in [5.74, 6) is 5.56. The molecule has 0 unspecified atom stereocenters. The fourth-order valence-corrected chi connectivity index (χ4v) is 2.25. The molecule has 3 nitrogen and oxygen atoms in total. The molecule has 4 heteroatoms. The van der Waals surface area contributed by atoms with Gasteiger partial charge in [-0.05, 0) is 25.1 Å². The molecule has 0 bridgehead atoms. The maximum absolute atomic E-state index is 12.0. The Labute approximate surface area is 116 Å². The first-order chi connectivity index (χ1) is 9.19. The van der Waals surface area contributed by atoms with Gasteiger partial charge in [0, 0.05) is 11.1 Å². The van der Waals surface area contributed by atoms with Crippen molar-refractivity contribution in [3.05, 3.63) is 51.7 Å². The van der Waals surface area contributed by atoms with E-state index < -0.39 is 0 Å². The van der Waals surface area contributed by atoms with Crippen molar-refractivity contribution < 1.29 is 4.79 Å². The van der Waals surface area contributed by atoms with Crippen molar-refractivity contribution in [2.45, 2.75) is 6.92 Å². The number of nitrogens with two attached hydrogens (primary N) is 1. The molecule has 0 saturated carbocycles. The van der Waals surface area contributed by atoms with Crippen molar-refractivity contribution in [3.63, 3.8) is 0 Å². The molecule has 3 N–H and O–H groups in total. The number of aryl methyl sites for hydroxylation is 1. The van der Waals surface area contributed by atoms with Gasteiger partial charge in [-0.1, -0.05) is 29.5 Å². The van der Waals surface area contributed by atoms with E-state index in [1.165, 1.54) is 11.3 Å². The minimum absolute atomic E-state index is 0.124. The third-order valence-electron chi connectivity index (χ3n) is 2.48. The Balaban J connectivity index is 2.07. The zero-order valence-corrected chi connectivity index (χ0v) is 11.4. The quantitative estimate of drug-likeness (QED) is 0.824. The SMILES string of the molecule is Cc1ccc(NC(=O)c2csc(C#CCN)c2)cc1. The second-order valence-corrected chi connectivity index (χ2v) is 4.94. The number of carbonyl (C=O) groups is 1. The summed E-state index contributed by atoms with van der Waals surface area (Å²) in [5.41, 5.74) is 7.87. The van der Waals surface area contributed by atoms with Crippen LogP contribution in [0.2, 0.25) is 0 Å². The molecule has 1 amide bonds. The predicted molar refractivity (Wildman–Crippen MR) is 79.4 cm³/mol. The van der Waals surface area contributed by atoms with Gasteiger partial charge in [-0.3, -0.25) is 4.79 Å². The molecule has 0 fully saturated rings. The van der Waals surface area contributed by atoms with Crippen molar-refractivity contribution >= 4 is 22.9 Å². The number of hydrogen-bond donors (Lipinski definition) is 2. The number of amides is 1. The molecule has 2 rings (SSSR count). The Kier molecular flexibility index (Phi) is 4.35. The molecule has 0 spiro atoms. The van der Waals surface area contributed by atoms with Gasteiger partial charge in [0.2, 0.25) is 0 Å². The van der Waals surface area contributed by atoms with Gasteiger partial charge in [0.15, 0.2) is 0 Å². The van der Waals surface area contributed by atoms with Crippen molar-refractivity contribution in [2.24, 2.45) is 5.73 Å². The lowest BCUT2D eigenvalue weighted by Crippen LogP contribution is -2.10. The third-order valence-corrected chi connectivity index (χ3v) is 3.33. The number of anilines is 1. The number of thiophene rings is 1. The smallest absolute Gasteiger partial charge is 0.256 e. The summed E-state index contributed by atoms with van der Waals surface area (Å²) in [6, 6.07) is 9.46. The van der Waals surface area contributed by atoms with Gasteiger partial charge in [0.1, 0.15) is 0 Å². The Morgan fingerprint density at radius 1 is 1.37 bits per heavy atom. The molecule has 0 aliphatic heterocycles. The van der Waals surface area contributed by atoms with Gasteiger partial charge in [-0.25, -0.2) is 0 Å². The zero-order valence-electron chi connectivity index (χ0n) is 10.6. The van der Waals surface area contributed by atoms with Crippen molar-refractivity contribution in [1.29, 1.82) is 0 Å². The third kappa shape index (κ3) is 3.68. The molecule has 96 valence electrons. The van der Waals surface area contributed by atoms with Crippen LogP contribution in [0.1, 0.15) is 20.8 Å². The van der Waals surface area contributed by atoms with Gasteiger partial charge < -0.3 is 11.1 Å². The van der Waals surface area contributed by atoms with Gasteiger partial charge in [0.25, 0.3) is 5.91 Å². The van der Waals surface area contributed by atoms with Crippen molar-refractivity contribution in [3.8, 4) is 11.8 Å². The first-order valence-electron chi connectivity index (χ1n) is 5.84. The van der Waals surface area contributed by atoms with E-state index in [2.05, 4.69) is 17.2 Å². The van der Waals surface area contributed by atoms with Crippen molar-refractivity contribution in [1.82, 2.24) is 0 Å². The van der Waals surface area contributed by atoms with Gasteiger partial charge in [-0.15, -0.1) is 11.3 Å². The molecule has 1 aromatic carbocycles.